The number of nitrogens with zero attached hydrogens (tertiary/aromatic N) is 3. The Balaban J connectivity index is 1.53. The maximum atomic E-state index is 13.1. The Morgan fingerprint density at radius 3 is 2.46 bits per heavy atom. The molecule has 28 heavy (non-hydrogen) atoms. The zero-order valence-corrected chi connectivity index (χ0v) is 14.6. The summed E-state index contributed by atoms with van der Waals surface area (Å²) in [5.41, 5.74) is 0.942. The Morgan fingerprint density at radius 2 is 1.71 bits per heavy atom. The van der Waals surface area contributed by atoms with Gasteiger partial charge in [0.1, 0.15) is 0 Å². The summed E-state index contributed by atoms with van der Waals surface area (Å²) < 4.78 is 39.2. The number of hydrogen-bond donors (Lipinski definition) is 1. The van der Waals surface area contributed by atoms with Crippen LogP contribution >= 0.6 is 0 Å². The van der Waals surface area contributed by atoms with E-state index in [1.807, 2.05) is 29.2 Å². The molecular weight excluding hydrogens is 369 g/mol. The van der Waals surface area contributed by atoms with Gasteiger partial charge in [0, 0.05) is 12.2 Å². The maximum absolute atomic E-state index is 13.1. The first-order valence-electron chi connectivity index (χ1n) is 8.60. The van der Waals surface area contributed by atoms with Crippen molar-refractivity contribution >= 4 is 23.1 Å². The molecule has 8 heteroatoms. The summed E-state index contributed by atoms with van der Waals surface area (Å²) in [5.74, 6) is -0.172. The molecule has 1 aromatic heterocycles. The van der Waals surface area contributed by atoms with Crippen LogP contribution in [0.2, 0.25) is 0 Å². The fourth-order valence-electron chi connectivity index (χ4n) is 3.19. The average molecular weight is 384 g/mol. The third-order valence-electron chi connectivity index (χ3n) is 4.53. The highest BCUT2D eigenvalue weighted by atomic mass is 19.4. The molecule has 4 rings (SSSR count). The molecule has 0 spiro atoms. The Bertz CT molecular complexity index is 1020. The van der Waals surface area contributed by atoms with E-state index in [0.29, 0.717) is 5.82 Å². The number of hydrogen-bond acceptors (Lipinski definition) is 4. The Kier molecular flexibility index (Phi) is 4.46. The molecule has 1 N–H and O–H groups in total. The number of alkyl halides is 3. The number of amides is 1. The lowest BCUT2D eigenvalue weighted by atomic mass is 10.1. The summed E-state index contributed by atoms with van der Waals surface area (Å²) >= 11 is 0. The van der Waals surface area contributed by atoms with E-state index in [4.69, 9.17) is 0 Å². The minimum absolute atomic E-state index is 0.0618. The molecule has 142 valence electrons. The van der Waals surface area contributed by atoms with E-state index < -0.39 is 17.6 Å². The van der Waals surface area contributed by atoms with Crippen molar-refractivity contribution in [1.29, 1.82) is 0 Å². The van der Waals surface area contributed by atoms with Gasteiger partial charge in [0.25, 0.3) is 5.91 Å². The van der Waals surface area contributed by atoms with Gasteiger partial charge < -0.3 is 10.2 Å². The number of aromatic nitrogens is 2. The number of fused-ring (bicyclic) bond motifs is 1. The van der Waals surface area contributed by atoms with Crippen molar-refractivity contribution in [3.8, 4) is 0 Å². The van der Waals surface area contributed by atoms with Crippen molar-refractivity contribution in [2.45, 2.75) is 12.6 Å². The smallest absolute Gasteiger partial charge is 0.324 e. The van der Waals surface area contributed by atoms with Crippen LogP contribution < -0.4 is 10.2 Å². The van der Waals surface area contributed by atoms with E-state index in [2.05, 4.69) is 15.5 Å². The van der Waals surface area contributed by atoms with Gasteiger partial charge in [-0.25, -0.2) is 0 Å². The first-order valence-corrected chi connectivity index (χ1v) is 8.60. The molecule has 5 nitrogen and oxygen atoms in total. The van der Waals surface area contributed by atoms with Gasteiger partial charge >= 0.3 is 6.18 Å². The van der Waals surface area contributed by atoms with E-state index in [1.165, 1.54) is 29.8 Å². The van der Waals surface area contributed by atoms with Crippen molar-refractivity contribution in [2.75, 3.05) is 16.8 Å². The molecule has 0 unspecified atom stereocenters. The SMILES string of the molecule is O=C(Nc1ccccc1C(F)(F)F)c1ccc(N2CCc3ccccc32)nn1. The predicted molar refractivity (Wildman–Crippen MR) is 98.6 cm³/mol. The third kappa shape index (κ3) is 3.40. The number of benzene rings is 2. The first-order chi connectivity index (χ1) is 13.4. The summed E-state index contributed by atoms with van der Waals surface area (Å²) in [7, 11) is 0. The number of nitrogens with one attached hydrogen (secondary N) is 1. The molecule has 1 aliphatic rings. The van der Waals surface area contributed by atoms with Crippen molar-refractivity contribution < 1.29 is 18.0 Å². The number of anilines is 3. The largest absolute Gasteiger partial charge is 0.418 e. The Morgan fingerprint density at radius 1 is 0.964 bits per heavy atom. The number of carbonyl (C=O) groups excluding carboxylic acids is 1. The highest BCUT2D eigenvalue weighted by molar-refractivity contribution is 6.03. The van der Waals surface area contributed by atoms with Crippen LogP contribution in [-0.2, 0) is 12.6 Å². The topological polar surface area (TPSA) is 58.1 Å². The molecule has 2 aromatic carbocycles. The van der Waals surface area contributed by atoms with Crippen LogP contribution in [0.3, 0.4) is 0 Å². The lowest BCUT2D eigenvalue weighted by molar-refractivity contribution is -0.136. The van der Waals surface area contributed by atoms with Crippen LogP contribution in [-0.4, -0.2) is 22.6 Å². The Hall–Kier alpha value is -3.42. The monoisotopic (exact) mass is 384 g/mol. The van der Waals surface area contributed by atoms with Gasteiger partial charge in [-0.05, 0) is 42.3 Å². The molecular formula is C20H15F3N4O. The summed E-state index contributed by atoms with van der Waals surface area (Å²) in [6.07, 6.45) is -3.68. The summed E-state index contributed by atoms with van der Waals surface area (Å²) in [5, 5.41) is 10.2. The fraction of sp³-hybridized carbons (Fsp3) is 0.150. The minimum atomic E-state index is -4.57. The van der Waals surface area contributed by atoms with Crippen LogP contribution in [0.15, 0.2) is 60.7 Å². The molecule has 0 saturated carbocycles. The lowest BCUT2D eigenvalue weighted by Gasteiger charge is -2.17. The molecule has 3 aromatic rings. The molecule has 1 amide bonds. The zero-order valence-electron chi connectivity index (χ0n) is 14.6. The first kappa shape index (κ1) is 18.0. The second kappa shape index (κ2) is 6.95. The maximum Gasteiger partial charge on any atom is 0.418 e. The number of halogens is 3. The second-order valence-electron chi connectivity index (χ2n) is 6.30. The van der Waals surface area contributed by atoms with E-state index in [0.717, 1.165) is 24.7 Å². The molecule has 0 aliphatic carbocycles. The van der Waals surface area contributed by atoms with Gasteiger partial charge in [-0.1, -0.05) is 30.3 Å². The van der Waals surface area contributed by atoms with Crippen molar-refractivity contribution in [1.82, 2.24) is 10.2 Å². The average Bonchev–Trinajstić information content (AvgIpc) is 3.12. The van der Waals surface area contributed by atoms with Crippen LogP contribution in [0.25, 0.3) is 0 Å². The van der Waals surface area contributed by atoms with Crippen LogP contribution in [0.4, 0.5) is 30.4 Å². The van der Waals surface area contributed by atoms with E-state index >= 15 is 0 Å². The van der Waals surface area contributed by atoms with Crippen LogP contribution in [0.1, 0.15) is 21.6 Å². The fourth-order valence-corrected chi connectivity index (χ4v) is 3.19. The Labute approximate surface area is 158 Å². The van der Waals surface area contributed by atoms with E-state index in [-0.39, 0.29) is 11.4 Å². The van der Waals surface area contributed by atoms with Gasteiger partial charge in [0.05, 0.1) is 11.3 Å². The number of rotatable bonds is 3. The van der Waals surface area contributed by atoms with Gasteiger partial charge in [0.15, 0.2) is 11.5 Å². The number of para-hydroxylation sites is 2. The summed E-state index contributed by atoms with van der Waals surface area (Å²) in [4.78, 5) is 14.3. The normalized spacial score (nSPS) is 13.3. The third-order valence-corrected chi connectivity index (χ3v) is 4.53. The summed E-state index contributed by atoms with van der Waals surface area (Å²) in [6.45, 7) is 0.749. The molecule has 1 aliphatic heterocycles. The standard InChI is InChI=1S/C20H15F3N4O/c21-20(22,23)14-6-2-3-7-15(14)24-19(28)16-9-10-18(26-25-16)27-12-11-13-5-1-4-8-17(13)27/h1-10H,11-12H2,(H,24,28). The molecule has 0 atom stereocenters. The van der Waals surface area contributed by atoms with Crippen molar-refractivity contribution in [2.24, 2.45) is 0 Å². The van der Waals surface area contributed by atoms with Crippen LogP contribution in [0.5, 0.6) is 0 Å². The zero-order chi connectivity index (χ0) is 19.7. The highest BCUT2D eigenvalue weighted by Gasteiger charge is 2.33. The molecule has 0 radical (unpaired) electrons. The van der Waals surface area contributed by atoms with Crippen molar-refractivity contribution in [3.63, 3.8) is 0 Å². The molecule has 0 bridgehead atoms. The van der Waals surface area contributed by atoms with Gasteiger partial charge in [-0.2, -0.15) is 13.2 Å². The van der Waals surface area contributed by atoms with Crippen molar-refractivity contribution in [3.05, 3.63) is 77.5 Å². The predicted octanol–water partition coefficient (Wildman–Crippen LogP) is 4.44. The lowest BCUT2D eigenvalue weighted by Crippen LogP contribution is -2.19. The highest BCUT2D eigenvalue weighted by Crippen LogP contribution is 2.35. The minimum Gasteiger partial charge on any atom is -0.324 e. The second-order valence-corrected chi connectivity index (χ2v) is 6.30. The molecule has 2 heterocycles. The molecule has 0 fully saturated rings. The van der Waals surface area contributed by atoms with Gasteiger partial charge in [0.2, 0.25) is 0 Å². The summed E-state index contributed by atoms with van der Waals surface area (Å²) in [6, 6.07) is 15.8. The van der Waals surface area contributed by atoms with Gasteiger partial charge in [-0.15, -0.1) is 10.2 Å². The molecule has 0 saturated heterocycles. The van der Waals surface area contributed by atoms with E-state index in [1.54, 1.807) is 6.07 Å². The number of carbonyl (C=O) groups is 1. The van der Waals surface area contributed by atoms with E-state index in [9.17, 15) is 18.0 Å². The van der Waals surface area contributed by atoms with Gasteiger partial charge in [-0.3, -0.25) is 4.79 Å². The van der Waals surface area contributed by atoms with Crippen LogP contribution in [0, 0.1) is 0 Å². The quantitative estimate of drug-likeness (QED) is 0.725.